The molecule has 0 aromatic carbocycles. The van der Waals surface area contributed by atoms with Gasteiger partial charge in [-0.1, -0.05) is 0 Å². The molecule has 10 heavy (non-hydrogen) atoms. The molecule has 2 atom stereocenters. The molecule has 62 valence electrons. The van der Waals surface area contributed by atoms with Gasteiger partial charge in [0.1, 0.15) is 6.23 Å². The molecule has 0 saturated carbocycles. The van der Waals surface area contributed by atoms with Crippen LogP contribution >= 0.6 is 0 Å². The van der Waals surface area contributed by atoms with Crippen LogP contribution in [0.1, 0.15) is 12.8 Å². The summed E-state index contributed by atoms with van der Waals surface area (Å²) in [6.07, 6.45) is -0.471. The lowest BCUT2D eigenvalue weighted by Crippen LogP contribution is -2.30. The molecule has 3 N–H and O–H groups in total. The highest BCUT2D eigenvalue weighted by Gasteiger charge is 2.00. The molecule has 0 fully saturated rings. The van der Waals surface area contributed by atoms with Gasteiger partial charge in [0, 0.05) is 17.9 Å². The molecule has 0 aliphatic rings. The minimum Gasteiger partial charge on any atom is -0.760 e. The van der Waals surface area contributed by atoms with E-state index in [1.165, 1.54) is 0 Å². The van der Waals surface area contributed by atoms with Gasteiger partial charge in [0.15, 0.2) is 0 Å². The van der Waals surface area contributed by atoms with E-state index in [0.29, 0.717) is 6.42 Å². The number of aliphatic hydroxyl groups excluding tert-OH is 2. The summed E-state index contributed by atoms with van der Waals surface area (Å²) in [5.74, 6) is 0. The van der Waals surface area contributed by atoms with Gasteiger partial charge in [-0.25, -0.2) is 4.72 Å². The Morgan fingerprint density at radius 2 is 2.30 bits per heavy atom. The lowest BCUT2D eigenvalue weighted by Gasteiger charge is -2.12. The molecule has 0 spiro atoms. The number of rotatable bonds is 5. The summed E-state index contributed by atoms with van der Waals surface area (Å²) in [4.78, 5) is 0. The summed E-state index contributed by atoms with van der Waals surface area (Å²) in [7, 11) is 0. The van der Waals surface area contributed by atoms with E-state index in [9.17, 15) is 8.76 Å². The molecule has 0 heterocycles. The Labute approximate surface area is 61.5 Å². The maximum Gasteiger partial charge on any atom is 0.114 e. The van der Waals surface area contributed by atoms with Crippen molar-refractivity contribution in [2.75, 3.05) is 6.61 Å². The molecule has 2 unspecified atom stereocenters. The average Bonchev–Trinajstić information content (AvgIpc) is 1.82. The van der Waals surface area contributed by atoms with Gasteiger partial charge >= 0.3 is 0 Å². The lowest BCUT2D eigenvalue weighted by molar-refractivity contribution is 0.139. The first kappa shape index (κ1) is 9.99. The number of hydrogen-bond acceptors (Lipinski definition) is 4. The summed E-state index contributed by atoms with van der Waals surface area (Å²) in [6.45, 7) is -0.0514. The Morgan fingerprint density at radius 3 is 2.70 bits per heavy atom. The Kier molecular flexibility index (Phi) is 5.74. The topological polar surface area (TPSA) is 92.6 Å². The first-order valence-electron chi connectivity index (χ1n) is 2.81. The molecule has 0 bridgehead atoms. The summed E-state index contributed by atoms with van der Waals surface area (Å²) < 4.78 is 21.5. The van der Waals surface area contributed by atoms with E-state index in [1.807, 2.05) is 4.72 Å². The van der Waals surface area contributed by atoms with Gasteiger partial charge in [0.25, 0.3) is 0 Å². The van der Waals surface area contributed by atoms with Crippen molar-refractivity contribution in [2.24, 2.45) is 0 Å². The van der Waals surface area contributed by atoms with E-state index in [-0.39, 0.29) is 13.0 Å². The van der Waals surface area contributed by atoms with Gasteiger partial charge < -0.3 is 14.8 Å². The van der Waals surface area contributed by atoms with E-state index in [0.717, 1.165) is 0 Å². The van der Waals surface area contributed by atoms with E-state index >= 15 is 0 Å². The number of hydrogen-bond donors (Lipinski definition) is 3. The Balaban J connectivity index is 3.25. The fourth-order valence-electron chi connectivity index (χ4n) is 0.455. The van der Waals surface area contributed by atoms with Gasteiger partial charge in [0.05, 0.1) is 0 Å². The second-order valence-electron chi connectivity index (χ2n) is 1.73. The highest BCUT2D eigenvalue weighted by Crippen LogP contribution is 1.91. The molecule has 6 heteroatoms. The van der Waals surface area contributed by atoms with Crippen LogP contribution in [-0.2, 0) is 11.3 Å². The quantitative estimate of drug-likeness (QED) is 0.342. The summed E-state index contributed by atoms with van der Waals surface area (Å²) >= 11 is -2.43. The van der Waals surface area contributed by atoms with Crippen molar-refractivity contribution < 1.29 is 19.0 Å². The van der Waals surface area contributed by atoms with Crippen molar-refractivity contribution in [3.05, 3.63) is 0 Å². The Hall–Kier alpha value is -0.0100. The van der Waals surface area contributed by atoms with Crippen LogP contribution in [0.15, 0.2) is 0 Å². The SMILES string of the molecule is O=S([O-])NC(O)CCCO. The molecule has 5 nitrogen and oxygen atoms in total. The average molecular weight is 168 g/mol. The second kappa shape index (κ2) is 5.75. The molecular weight excluding hydrogens is 158 g/mol. The van der Waals surface area contributed by atoms with Crippen LogP contribution in [0.5, 0.6) is 0 Å². The highest BCUT2D eigenvalue weighted by molar-refractivity contribution is 7.77. The number of aliphatic hydroxyl groups is 2. The molecular formula is C4H10NO4S-. The molecule has 0 radical (unpaired) electrons. The Morgan fingerprint density at radius 1 is 1.70 bits per heavy atom. The van der Waals surface area contributed by atoms with Crippen LogP contribution in [-0.4, -0.2) is 31.8 Å². The fraction of sp³-hybridized carbons (Fsp3) is 1.00. The molecule has 0 aromatic heterocycles. The van der Waals surface area contributed by atoms with Gasteiger partial charge in [-0.2, -0.15) is 0 Å². The van der Waals surface area contributed by atoms with Crippen LogP contribution in [0.2, 0.25) is 0 Å². The zero-order valence-electron chi connectivity index (χ0n) is 5.32. The van der Waals surface area contributed by atoms with E-state index in [4.69, 9.17) is 10.2 Å². The third kappa shape index (κ3) is 6.12. The van der Waals surface area contributed by atoms with Crippen molar-refractivity contribution in [3.8, 4) is 0 Å². The smallest absolute Gasteiger partial charge is 0.114 e. The molecule has 0 aromatic rings. The molecule has 0 amide bonds. The van der Waals surface area contributed by atoms with Crippen LogP contribution in [0.3, 0.4) is 0 Å². The van der Waals surface area contributed by atoms with Gasteiger partial charge in [0.2, 0.25) is 0 Å². The van der Waals surface area contributed by atoms with Crippen molar-refractivity contribution >= 4 is 11.3 Å². The normalized spacial score (nSPS) is 16.7. The highest BCUT2D eigenvalue weighted by atomic mass is 32.2. The first-order chi connectivity index (χ1) is 4.66. The van der Waals surface area contributed by atoms with Crippen molar-refractivity contribution in [3.63, 3.8) is 0 Å². The molecule has 0 aliphatic heterocycles. The molecule has 0 aliphatic carbocycles. The minimum atomic E-state index is -2.43. The largest absolute Gasteiger partial charge is 0.760 e. The van der Waals surface area contributed by atoms with Crippen molar-refractivity contribution in [2.45, 2.75) is 19.1 Å². The summed E-state index contributed by atoms with van der Waals surface area (Å²) in [6, 6.07) is 0. The van der Waals surface area contributed by atoms with Gasteiger partial charge in [-0.3, -0.25) is 4.21 Å². The lowest BCUT2D eigenvalue weighted by atomic mass is 10.3. The van der Waals surface area contributed by atoms with Crippen molar-refractivity contribution in [1.82, 2.24) is 4.72 Å². The maximum absolute atomic E-state index is 9.84. The van der Waals surface area contributed by atoms with Crippen LogP contribution in [0.4, 0.5) is 0 Å². The van der Waals surface area contributed by atoms with Crippen LogP contribution in [0.25, 0.3) is 0 Å². The first-order valence-corrected chi connectivity index (χ1v) is 3.88. The van der Waals surface area contributed by atoms with Crippen LogP contribution in [0, 0.1) is 0 Å². The predicted molar refractivity (Wildman–Crippen MR) is 34.4 cm³/mol. The maximum atomic E-state index is 9.84. The third-order valence-electron chi connectivity index (χ3n) is 0.868. The van der Waals surface area contributed by atoms with E-state index in [2.05, 4.69) is 0 Å². The van der Waals surface area contributed by atoms with Crippen LogP contribution < -0.4 is 4.72 Å². The van der Waals surface area contributed by atoms with E-state index in [1.54, 1.807) is 0 Å². The predicted octanol–water partition coefficient (Wildman–Crippen LogP) is -1.54. The summed E-state index contributed by atoms with van der Waals surface area (Å²) in [5.41, 5.74) is 0. The van der Waals surface area contributed by atoms with Crippen molar-refractivity contribution in [1.29, 1.82) is 0 Å². The van der Waals surface area contributed by atoms with E-state index < -0.39 is 17.5 Å². The zero-order valence-corrected chi connectivity index (χ0v) is 6.13. The Bertz CT molecular complexity index is 109. The molecule has 0 saturated heterocycles. The summed E-state index contributed by atoms with van der Waals surface area (Å²) in [5, 5.41) is 17.0. The standard InChI is InChI=1S/C4H11NO4S/c6-3-1-2-4(7)5-10(8)9/h4-7H,1-3H2,(H,8,9)/p-1. The fourth-order valence-corrected chi connectivity index (χ4v) is 0.795. The second-order valence-corrected chi connectivity index (χ2v) is 2.44. The number of nitrogens with one attached hydrogen (secondary N) is 1. The monoisotopic (exact) mass is 168 g/mol. The molecule has 0 rings (SSSR count). The van der Waals surface area contributed by atoms with Gasteiger partial charge in [-0.15, -0.1) is 0 Å². The third-order valence-corrected chi connectivity index (χ3v) is 1.33. The minimum absolute atomic E-state index is 0.0514. The van der Waals surface area contributed by atoms with Gasteiger partial charge in [-0.05, 0) is 12.8 Å². The zero-order chi connectivity index (χ0) is 7.98.